The molecule has 1 unspecified atom stereocenters. The van der Waals surface area contributed by atoms with Crippen LogP contribution in [0.2, 0.25) is 0 Å². The molecule has 2 aliphatic rings. The summed E-state index contributed by atoms with van der Waals surface area (Å²) in [5.74, 6) is -0.379. The van der Waals surface area contributed by atoms with E-state index in [4.69, 9.17) is 14.7 Å². The first-order valence-corrected chi connectivity index (χ1v) is 7.16. The summed E-state index contributed by atoms with van der Waals surface area (Å²) in [6, 6.07) is 4.70. The molecule has 7 nitrogen and oxygen atoms in total. The predicted molar refractivity (Wildman–Crippen MR) is 76.8 cm³/mol. The molecule has 2 heterocycles. The van der Waals surface area contributed by atoms with Gasteiger partial charge in [-0.15, -0.1) is 0 Å². The minimum atomic E-state index is -0.543. The third-order valence-electron chi connectivity index (χ3n) is 3.79. The number of hydroxylamine groups is 1. The molecule has 22 heavy (non-hydrogen) atoms. The lowest BCUT2D eigenvalue weighted by molar-refractivity contribution is 0.0937. The highest BCUT2D eigenvalue weighted by Crippen LogP contribution is 2.28. The molecule has 1 amide bonds. The van der Waals surface area contributed by atoms with Crippen LogP contribution in [0.15, 0.2) is 18.2 Å². The molecule has 1 aromatic carbocycles. The van der Waals surface area contributed by atoms with E-state index in [9.17, 15) is 9.18 Å². The summed E-state index contributed by atoms with van der Waals surface area (Å²) in [5, 5.41) is 8.66. The summed E-state index contributed by atoms with van der Waals surface area (Å²) in [5.41, 5.74) is 2.92. The van der Waals surface area contributed by atoms with Crippen LogP contribution in [-0.4, -0.2) is 56.8 Å². The Morgan fingerprint density at radius 3 is 2.82 bits per heavy atom. The number of ether oxygens (including phenoxy) is 2. The second-order valence-electron chi connectivity index (χ2n) is 5.21. The van der Waals surface area contributed by atoms with Gasteiger partial charge >= 0.3 is 6.09 Å². The Labute approximate surface area is 127 Å². The summed E-state index contributed by atoms with van der Waals surface area (Å²) < 4.78 is 24.7. The molecule has 0 saturated carbocycles. The van der Waals surface area contributed by atoms with Crippen LogP contribution in [0.1, 0.15) is 0 Å². The Kier molecular flexibility index (Phi) is 4.41. The van der Waals surface area contributed by atoms with Gasteiger partial charge < -0.3 is 19.6 Å². The minimum absolute atomic E-state index is 0.135. The summed E-state index contributed by atoms with van der Waals surface area (Å²) in [6.45, 7) is 2.85. The summed E-state index contributed by atoms with van der Waals surface area (Å²) in [7, 11) is 0. The third kappa shape index (κ3) is 2.99. The van der Waals surface area contributed by atoms with Gasteiger partial charge in [0.15, 0.2) is 0 Å². The van der Waals surface area contributed by atoms with Crippen LogP contribution < -0.4 is 15.3 Å². The van der Waals surface area contributed by atoms with Crippen molar-refractivity contribution in [1.29, 1.82) is 0 Å². The fraction of sp³-hybridized carbons (Fsp3) is 0.500. The molecule has 0 aromatic heterocycles. The van der Waals surface area contributed by atoms with E-state index in [1.165, 1.54) is 11.0 Å². The standard InChI is InChI=1S/C14H18FN3O4/c15-12-7-10(18-9-11(8-16-20)22-14(18)19)1-2-13(12)17-3-5-21-6-4-17/h1-2,7,11,16,20H,3-6,8-9H2. The van der Waals surface area contributed by atoms with Gasteiger partial charge in [0.1, 0.15) is 11.9 Å². The number of carbonyl (C=O) groups excluding carboxylic acids is 1. The van der Waals surface area contributed by atoms with Crippen molar-refractivity contribution in [2.75, 3.05) is 49.2 Å². The Hall–Kier alpha value is -1.90. The lowest BCUT2D eigenvalue weighted by atomic mass is 10.2. The van der Waals surface area contributed by atoms with Gasteiger partial charge in [-0.1, -0.05) is 0 Å². The molecule has 1 aromatic rings. The van der Waals surface area contributed by atoms with Crippen molar-refractivity contribution >= 4 is 17.5 Å². The highest BCUT2D eigenvalue weighted by molar-refractivity contribution is 5.90. The van der Waals surface area contributed by atoms with Crippen LogP contribution in [0, 0.1) is 5.82 Å². The molecule has 2 aliphatic heterocycles. The Bertz CT molecular complexity index is 551. The van der Waals surface area contributed by atoms with Crippen molar-refractivity contribution < 1.29 is 23.9 Å². The second-order valence-corrected chi connectivity index (χ2v) is 5.21. The van der Waals surface area contributed by atoms with Crippen LogP contribution in [0.5, 0.6) is 0 Å². The van der Waals surface area contributed by atoms with Crippen molar-refractivity contribution in [3.05, 3.63) is 24.0 Å². The van der Waals surface area contributed by atoms with Crippen LogP contribution in [0.25, 0.3) is 0 Å². The molecule has 3 rings (SSSR count). The fourth-order valence-corrected chi connectivity index (χ4v) is 2.66. The summed E-state index contributed by atoms with van der Waals surface area (Å²) in [6.07, 6.45) is -1.00. The molecule has 2 N–H and O–H groups in total. The lowest BCUT2D eigenvalue weighted by Gasteiger charge is -2.29. The van der Waals surface area contributed by atoms with E-state index in [-0.39, 0.29) is 18.9 Å². The molecule has 0 spiro atoms. The van der Waals surface area contributed by atoms with Gasteiger partial charge in [0, 0.05) is 13.1 Å². The normalized spacial score (nSPS) is 22.1. The van der Waals surface area contributed by atoms with Gasteiger partial charge in [-0.2, -0.15) is 0 Å². The summed E-state index contributed by atoms with van der Waals surface area (Å²) in [4.78, 5) is 15.1. The van der Waals surface area contributed by atoms with Gasteiger partial charge in [0.2, 0.25) is 0 Å². The number of amides is 1. The molecule has 0 bridgehead atoms. The van der Waals surface area contributed by atoms with E-state index in [1.807, 2.05) is 10.4 Å². The molecule has 120 valence electrons. The van der Waals surface area contributed by atoms with E-state index < -0.39 is 12.2 Å². The van der Waals surface area contributed by atoms with Gasteiger partial charge in [-0.3, -0.25) is 4.90 Å². The lowest BCUT2D eigenvalue weighted by Crippen LogP contribution is -2.36. The number of nitrogens with zero attached hydrogens (tertiary/aromatic N) is 2. The summed E-state index contributed by atoms with van der Waals surface area (Å²) >= 11 is 0. The van der Waals surface area contributed by atoms with Crippen LogP contribution in [0.3, 0.4) is 0 Å². The van der Waals surface area contributed by atoms with Gasteiger partial charge in [0.25, 0.3) is 0 Å². The maximum Gasteiger partial charge on any atom is 0.414 e. The second kappa shape index (κ2) is 6.47. The number of morpholine rings is 1. The number of carbonyl (C=O) groups is 1. The highest BCUT2D eigenvalue weighted by Gasteiger charge is 2.32. The number of anilines is 2. The zero-order chi connectivity index (χ0) is 15.5. The number of hydrogen-bond acceptors (Lipinski definition) is 6. The molecule has 1 atom stereocenters. The Balaban J connectivity index is 1.75. The number of hydrogen-bond donors (Lipinski definition) is 2. The van der Waals surface area contributed by atoms with E-state index >= 15 is 0 Å². The average molecular weight is 311 g/mol. The first-order valence-electron chi connectivity index (χ1n) is 7.16. The van der Waals surface area contributed by atoms with Crippen molar-refractivity contribution in [3.63, 3.8) is 0 Å². The third-order valence-corrected chi connectivity index (χ3v) is 3.79. The minimum Gasteiger partial charge on any atom is -0.442 e. The monoisotopic (exact) mass is 311 g/mol. The topological polar surface area (TPSA) is 74.3 Å². The quantitative estimate of drug-likeness (QED) is 0.807. The van der Waals surface area contributed by atoms with Crippen LogP contribution >= 0.6 is 0 Å². The van der Waals surface area contributed by atoms with E-state index in [2.05, 4.69) is 0 Å². The van der Waals surface area contributed by atoms with Crippen molar-refractivity contribution in [2.24, 2.45) is 0 Å². The average Bonchev–Trinajstić information content (AvgIpc) is 2.89. The molecule has 0 radical (unpaired) electrons. The Morgan fingerprint density at radius 1 is 1.36 bits per heavy atom. The van der Waals surface area contributed by atoms with E-state index in [0.717, 1.165) is 0 Å². The maximum absolute atomic E-state index is 14.3. The van der Waals surface area contributed by atoms with Gasteiger partial charge in [-0.05, 0) is 18.2 Å². The van der Waals surface area contributed by atoms with Crippen molar-refractivity contribution in [3.8, 4) is 0 Å². The number of halogens is 1. The molecular weight excluding hydrogens is 293 g/mol. The molecule has 2 fully saturated rings. The van der Waals surface area contributed by atoms with Crippen molar-refractivity contribution in [2.45, 2.75) is 6.10 Å². The number of nitrogens with one attached hydrogen (secondary N) is 1. The van der Waals surface area contributed by atoms with Crippen molar-refractivity contribution in [1.82, 2.24) is 5.48 Å². The first kappa shape index (κ1) is 15.0. The van der Waals surface area contributed by atoms with E-state index in [0.29, 0.717) is 37.7 Å². The van der Waals surface area contributed by atoms with Gasteiger partial charge in [0.05, 0.1) is 37.7 Å². The first-order chi connectivity index (χ1) is 10.7. The largest absolute Gasteiger partial charge is 0.442 e. The fourth-order valence-electron chi connectivity index (χ4n) is 2.66. The molecule has 8 heteroatoms. The molecule has 2 saturated heterocycles. The number of benzene rings is 1. The molecular formula is C14H18FN3O4. The smallest absolute Gasteiger partial charge is 0.414 e. The highest BCUT2D eigenvalue weighted by atomic mass is 19.1. The number of rotatable bonds is 4. The zero-order valence-electron chi connectivity index (χ0n) is 12.0. The maximum atomic E-state index is 14.3. The van der Waals surface area contributed by atoms with E-state index in [1.54, 1.807) is 12.1 Å². The number of cyclic esters (lactones) is 1. The molecule has 0 aliphatic carbocycles. The zero-order valence-corrected chi connectivity index (χ0v) is 12.0. The Morgan fingerprint density at radius 2 is 2.14 bits per heavy atom. The predicted octanol–water partition coefficient (Wildman–Crippen LogP) is 0.966. The van der Waals surface area contributed by atoms with Gasteiger partial charge in [-0.25, -0.2) is 14.7 Å². The van der Waals surface area contributed by atoms with Crippen LogP contribution in [-0.2, 0) is 9.47 Å². The van der Waals surface area contributed by atoms with Crippen LogP contribution in [0.4, 0.5) is 20.6 Å². The SMILES string of the molecule is O=C1OC(CNO)CN1c1ccc(N2CCOCC2)c(F)c1.